The Hall–Kier alpha value is -3.13. The number of H-pyrrole nitrogens is 1. The van der Waals surface area contributed by atoms with Crippen LogP contribution in [0.4, 0.5) is 0 Å². The van der Waals surface area contributed by atoms with E-state index in [4.69, 9.17) is 4.98 Å². The zero-order valence-electron chi connectivity index (χ0n) is 22.9. The Morgan fingerprint density at radius 3 is 1.40 bits per heavy atom. The summed E-state index contributed by atoms with van der Waals surface area (Å²) in [5.41, 5.74) is 14.5. The van der Waals surface area contributed by atoms with Crippen molar-refractivity contribution in [2.75, 3.05) is 0 Å². The van der Waals surface area contributed by atoms with Gasteiger partial charge in [-0.25, -0.2) is 4.98 Å². The molecule has 0 bridgehead atoms. The van der Waals surface area contributed by atoms with Crippen LogP contribution in [0, 0.1) is 41.5 Å². The third kappa shape index (κ3) is 4.59. The van der Waals surface area contributed by atoms with Gasteiger partial charge >= 0.3 is 0 Å². The SMILES string of the molecule is Cc1cccc(C(C)c2nc(C(C)c3cccc(C)c3C)c(C(C)c3cccc(C)c3C)[nH]2)c1C. The summed E-state index contributed by atoms with van der Waals surface area (Å²) in [5.74, 6) is 1.68. The molecule has 4 aromatic rings. The molecule has 0 aliphatic carbocycles. The Labute approximate surface area is 211 Å². The van der Waals surface area contributed by atoms with E-state index in [2.05, 4.69) is 122 Å². The Kier molecular flexibility index (Phi) is 7.03. The first-order chi connectivity index (χ1) is 16.6. The first-order valence-electron chi connectivity index (χ1n) is 12.9. The van der Waals surface area contributed by atoms with Crippen LogP contribution in [0.25, 0.3) is 0 Å². The van der Waals surface area contributed by atoms with E-state index < -0.39 is 0 Å². The molecular formula is C33H40N2. The fourth-order valence-corrected chi connectivity index (χ4v) is 5.46. The Bertz CT molecular complexity index is 1280. The number of hydrogen-bond donors (Lipinski definition) is 1. The number of nitrogens with zero attached hydrogens (tertiary/aromatic N) is 1. The second kappa shape index (κ2) is 9.85. The lowest BCUT2D eigenvalue weighted by molar-refractivity contribution is 0.798. The van der Waals surface area contributed by atoms with Crippen LogP contribution in [0.5, 0.6) is 0 Å². The molecule has 3 unspecified atom stereocenters. The molecular weight excluding hydrogens is 424 g/mol. The number of rotatable bonds is 6. The summed E-state index contributed by atoms with van der Waals surface area (Å²) in [5, 5.41) is 0. The minimum Gasteiger partial charge on any atom is -0.345 e. The van der Waals surface area contributed by atoms with Crippen LogP contribution in [0.3, 0.4) is 0 Å². The molecule has 2 heteroatoms. The van der Waals surface area contributed by atoms with Crippen molar-refractivity contribution in [2.24, 2.45) is 0 Å². The monoisotopic (exact) mass is 464 g/mol. The van der Waals surface area contributed by atoms with Crippen molar-refractivity contribution in [3.05, 3.63) is 122 Å². The number of aromatic amines is 1. The van der Waals surface area contributed by atoms with Crippen molar-refractivity contribution in [2.45, 2.75) is 80.1 Å². The Morgan fingerprint density at radius 2 is 0.943 bits per heavy atom. The van der Waals surface area contributed by atoms with Crippen LogP contribution in [-0.2, 0) is 0 Å². The maximum Gasteiger partial charge on any atom is 0.113 e. The van der Waals surface area contributed by atoms with Crippen molar-refractivity contribution >= 4 is 0 Å². The van der Waals surface area contributed by atoms with Crippen LogP contribution in [0.1, 0.15) is 106 Å². The smallest absolute Gasteiger partial charge is 0.113 e. The maximum absolute atomic E-state index is 5.35. The number of hydrogen-bond acceptors (Lipinski definition) is 1. The standard InChI is InChI=1S/C33H40N2/c1-19-13-10-16-28(22(19)4)25(7)31-32(26(8)29-17-11-14-20(2)23(29)5)35-33(34-31)27(9)30-18-12-15-21(3)24(30)6/h10-18,25-27H,1-9H3,(H,34,35). The molecule has 0 aliphatic heterocycles. The third-order valence-corrected chi connectivity index (χ3v) is 8.37. The zero-order chi connectivity index (χ0) is 25.4. The molecule has 1 N–H and O–H groups in total. The summed E-state index contributed by atoms with van der Waals surface area (Å²) >= 11 is 0. The van der Waals surface area contributed by atoms with Gasteiger partial charge in [-0.05, 0) is 91.6 Å². The molecule has 0 fully saturated rings. The number of imidazole rings is 1. The summed E-state index contributed by atoms with van der Waals surface area (Å²) in [4.78, 5) is 9.19. The van der Waals surface area contributed by atoms with E-state index in [0.29, 0.717) is 0 Å². The van der Waals surface area contributed by atoms with Crippen molar-refractivity contribution in [1.82, 2.24) is 9.97 Å². The van der Waals surface area contributed by atoms with Gasteiger partial charge in [0.05, 0.1) is 5.69 Å². The molecule has 182 valence electrons. The molecule has 35 heavy (non-hydrogen) atoms. The van der Waals surface area contributed by atoms with Crippen LogP contribution in [0.15, 0.2) is 54.6 Å². The van der Waals surface area contributed by atoms with Gasteiger partial charge in [-0.2, -0.15) is 0 Å². The predicted molar refractivity (Wildman–Crippen MR) is 149 cm³/mol. The van der Waals surface area contributed by atoms with Gasteiger partial charge < -0.3 is 4.98 Å². The molecule has 4 rings (SSSR count). The topological polar surface area (TPSA) is 28.7 Å². The van der Waals surface area contributed by atoms with Crippen LogP contribution < -0.4 is 0 Å². The van der Waals surface area contributed by atoms with Gasteiger partial charge in [-0.1, -0.05) is 75.4 Å². The number of aryl methyl sites for hydroxylation is 3. The molecule has 0 saturated heterocycles. The summed E-state index contributed by atoms with van der Waals surface area (Å²) in [6, 6.07) is 19.9. The van der Waals surface area contributed by atoms with Gasteiger partial charge in [0.25, 0.3) is 0 Å². The molecule has 0 aliphatic rings. The second-order valence-corrected chi connectivity index (χ2v) is 10.5. The second-order valence-electron chi connectivity index (χ2n) is 10.5. The van der Waals surface area contributed by atoms with Crippen molar-refractivity contribution in [3.8, 4) is 0 Å². The van der Waals surface area contributed by atoms with Gasteiger partial charge in [-0.15, -0.1) is 0 Å². The maximum atomic E-state index is 5.35. The van der Waals surface area contributed by atoms with Gasteiger partial charge in [-0.3, -0.25) is 0 Å². The lowest BCUT2D eigenvalue weighted by Gasteiger charge is -2.20. The number of nitrogens with one attached hydrogen (secondary N) is 1. The van der Waals surface area contributed by atoms with Crippen molar-refractivity contribution in [3.63, 3.8) is 0 Å². The average molecular weight is 465 g/mol. The van der Waals surface area contributed by atoms with E-state index in [1.54, 1.807) is 0 Å². The highest BCUT2D eigenvalue weighted by Crippen LogP contribution is 2.38. The highest BCUT2D eigenvalue weighted by atomic mass is 15.0. The lowest BCUT2D eigenvalue weighted by atomic mass is 9.85. The molecule has 3 atom stereocenters. The van der Waals surface area contributed by atoms with Gasteiger partial charge in [0.15, 0.2) is 0 Å². The first-order valence-corrected chi connectivity index (χ1v) is 12.9. The van der Waals surface area contributed by atoms with Gasteiger partial charge in [0.2, 0.25) is 0 Å². The van der Waals surface area contributed by atoms with Crippen molar-refractivity contribution < 1.29 is 0 Å². The highest BCUT2D eigenvalue weighted by molar-refractivity contribution is 5.46. The molecule has 2 nitrogen and oxygen atoms in total. The summed E-state index contributed by atoms with van der Waals surface area (Å²) < 4.78 is 0. The number of aromatic nitrogens is 2. The molecule has 1 aromatic heterocycles. The van der Waals surface area contributed by atoms with E-state index in [9.17, 15) is 0 Å². The third-order valence-electron chi connectivity index (χ3n) is 8.37. The van der Waals surface area contributed by atoms with Crippen LogP contribution in [0.2, 0.25) is 0 Å². The number of benzene rings is 3. The van der Waals surface area contributed by atoms with E-state index in [1.807, 2.05) is 0 Å². The van der Waals surface area contributed by atoms with E-state index >= 15 is 0 Å². The van der Waals surface area contributed by atoms with Gasteiger partial charge in [0, 0.05) is 23.4 Å². The first kappa shape index (κ1) is 25.0. The minimum absolute atomic E-state index is 0.194. The molecule has 3 aromatic carbocycles. The van der Waals surface area contributed by atoms with E-state index in [0.717, 1.165) is 5.82 Å². The quantitative estimate of drug-likeness (QED) is 0.304. The average Bonchev–Trinajstić information content (AvgIpc) is 3.28. The fourth-order valence-electron chi connectivity index (χ4n) is 5.46. The van der Waals surface area contributed by atoms with E-state index in [-0.39, 0.29) is 17.8 Å². The molecule has 0 radical (unpaired) electrons. The largest absolute Gasteiger partial charge is 0.345 e. The fraction of sp³-hybridized carbons (Fsp3) is 0.364. The summed E-state index contributed by atoms with van der Waals surface area (Å²) in [6.45, 7) is 20.2. The molecule has 0 amide bonds. The predicted octanol–water partition coefficient (Wildman–Crippen LogP) is 8.72. The van der Waals surface area contributed by atoms with Gasteiger partial charge in [0.1, 0.15) is 5.82 Å². The Morgan fingerprint density at radius 1 is 0.543 bits per heavy atom. The highest BCUT2D eigenvalue weighted by Gasteiger charge is 2.27. The van der Waals surface area contributed by atoms with Crippen LogP contribution >= 0.6 is 0 Å². The summed E-state index contributed by atoms with van der Waals surface area (Å²) in [7, 11) is 0. The van der Waals surface area contributed by atoms with E-state index in [1.165, 1.54) is 61.5 Å². The van der Waals surface area contributed by atoms with Crippen LogP contribution in [-0.4, -0.2) is 9.97 Å². The summed E-state index contributed by atoms with van der Waals surface area (Å²) in [6.07, 6.45) is 0. The zero-order valence-corrected chi connectivity index (χ0v) is 22.9. The molecule has 0 spiro atoms. The molecule has 0 saturated carbocycles. The molecule has 1 heterocycles. The lowest BCUT2D eigenvalue weighted by Crippen LogP contribution is -2.08. The van der Waals surface area contributed by atoms with Crippen molar-refractivity contribution in [1.29, 1.82) is 0 Å². The minimum atomic E-state index is 0.194. The Balaban J connectivity index is 1.88. The normalized spacial score (nSPS) is 14.1.